The number of hydrogen-bond donors (Lipinski definition) is 1. The minimum atomic E-state index is -1.13. The molecule has 2 aliphatic rings. The van der Waals surface area contributed by atoms with E-state index in [1.54, 1.807) is 61.5 Å². The van der Waals surface area contributed by atoms with Crippen molar-refractivity contribution >= 4 is 57.9 Å². The van der Waals surface area contributed by atoms with E-state index in [2.05, 4.69) is 4.98 Å². The van der Waals surface area contributed by atoms with Crippen LogP contribution < -0.4 is 10.6 Å². The zero-order valence-electron chi connectivity index (χ0n) is 22.3. The minimum absolute atomic E-state index is 0.0558. The van der Waals surface area contributed by atoms with Crippen molar-refractivity contribution in [3.8, 4) is 0 Å². The van der Waals surface area contributed by atoms with Crippen molar-refractivity contribution in [2.75, 3.05) is 18.1 Å². The van der Waals surface area contributed by atoms with Gasteiger partial charge in [0.05, 0.1) is 30.4 Å². The maximum atomic E-state index is 14.6. The second-order valence-electron chi connectivity index (χ2n) is 9.48. The Morgan fingerprint density at radius 1 is 1.10 bits per heavy atom. The number of carbonyl (C=O) groups is 3. The van der Waals surface area contributed by atoms with E-state index < -0.39 is 35.5 Å². The number of allylic oxidation sites excluding steroid dienone is 2. The molecule has 212 valence electrons. The number of rotatable bonds is 7. The van der Waals surface area contributed by atoms with Gasteiger partial charge in [0.15, 0.2) is 5.78 Å². The van der Waals surface area contributed by atoms with E-state index in [1.165, 1.54) is 11.3 Å². The van der Waals surface area contributed by atoms with Crippen molar-refractivity contribution in [3.05, 3.63) is 103 Å². The van der Waals surface area contributed by atoms with Crippen LogP contribution in [0.3, 0.4) is 0 Å². The predicted molar refractivity (Wildman–Crippen MR) is 158 cm³/mol. The van der Waals surface area contributed by atoms with Crippen molar-refractivity contribution < 1.29 is 23.9 Å². The van der Waals surface area contributed by atoms with E-state index in [9.17, 15) is 14.4 Å². The van der Waals surface area contributed by atoms with Gasteiger partial charge in [-0.05, 0) is 61.5 Å². The minimum Gasteiger partial charge on any atom is -0.465 e. The first-order chi connectivity index (χ1) is 19.8. The monoisotopic (exact) mass is 611 g/mol. The van der Waals surface area contributed by atoms with Gasteiger partial charge in [0.2, 0.25) is 0 Å². The Bertz CT molecular complexity index is 1540. The maximum absolute atomic E-state index is 14.6. The Hall–Kier alpha value is -3.66. The van der Waals surface area contributed by atoms with Crippen LogP contribution in [0.25, 0.3) is 0 Å². The smallest absolute Gasteiger partial charge is 0.338 e. The van der Waals surface area contributed by atoms with Gasteiger partial charge in [-0.1, -0.05) is 35.3 Å². The molecule has 8 nitrogen and oxygen atoms in total. The Morgan fingerprint density at radius 3 is 2.44 bits per heavy atom. The number of esters is 2. The highest BCUT2D eigenvalue weighted by Crippen LogP contribution is 2.52. The summed E-state index contributed by atoms with van der Waals surface area (Å²) in [6, 6.07) is 12.1. The van der Waals surface area contributed by atoms with Gasteiger partial charge in [-0.15, -0.1) is 11.3 Å². The zero-order chi connectivity index (χ0) is 29.3. The first-order valence-corrected chi connectivity index (χ1v) is 14.7. The van der Waals surface area contributed by atoms with Crippen molar-refractivity contribution in [1.29, 1.82) is 0 Å². The lowest BCUT2D eigenvalue weighted by Gasteiger charge is -2.43. The molecule has 2 aromatic heterocycles. The van der Waals surface area contributed by atoms with Crippen LogP contribution in [0.5, 0.6) is 0 Å². The molecule has 2 N–H and O–H groups in total. The molecule has 0 fully saturated rings. The number of anilines is 1. The van der Waals surface area contributed by atoms with Gasteiger partial charge in [0, 0.05) is 44.5 Å². The molecule has 0 saturated carbocycles. The number of carbonyl (C=O) groups excluding carboxylic acids is 3. The van der Waals surface area contributed by atoms with Crippen molar-refractivity contribution in [2.24, 2.45) is 11.7 Å². The van der Waals surface area contributed by atoms with E-state index in [-0.39, 0.29) is 36.6 Å². The number of benzene rings is 1. The molecule has 0 unspecified atom stereocenters. The number of pyridine rings is 1. The van der Waals surface area contributed by atoms with Gasteiger partial charge in [0.25, 0.3) is 0 Å². The number of halogens is 2. The second kappa shape index (κ2) is 12.1. The number of aromatic nitrogens is 1. The Labute approximate surface area is 251 Å². The van der Waals surface area contributed by atoms with Gasteiger partial charge in [0.1, 0.15) is 11.7 Å². The standard InChI is InChI=1S/C30H27Cl2N3O5S/c1-3-39-29(37)24-20(22-8-6-10-41-22)14-21-25(27(24)36)23(16-7-5-9-34-15-16)26(30(38)40-4-2)28(33)35(21)19-12-17(31)11-18(32)13-19/h5-13,15,20,23-24H,3-4,14,33H2,1-2H3/t20-,23+,24+/m0/s1. The maximum Gasteiger partial charge on any atom is 0.338 e. The van der Waals surface area contributed by atoms with E-state index >= 15 is 0 Å². The molecule has 0 radical (unpaired) electrons. The van der Waals surface area contributed by atoms with Gasteiger partial charge in [-0.3, -0.25) is 19.5 Å². The summed E-state index contributed by atoms with van der Waals surface area (Å²) >= 11 is 14.2. The van der Waals surface area contributed by atoms with Crippen LogP contribution >= 0.6 is 34.5 Å². The molecule has 5 rings (SSSR count). The molecule has 1 aliphatic carbocycles. The molecule has 41 heavy (non-hydrogen) atoms. The van der Waals surface area contributed by atoms with E-state index in [4.69, 9.17) is 38.4 Å². The molecule has 1 aromatic carbocycles. The SMILES string of the molecule is CCOC(=O)C1=C(N)N(c2cc(Cl)cc(Cl)c2)C2=C(C(=O)[C@H](C(=O)OCC)[C@H](c3cccs3)C2)[C@H]1c1cccnc1. The largest absolute Gasteiger partial charge is 0.465 e. The predicted octanol–water partition coefficient (Wildman–Crippen LogP) is 5.98. The molecule has 11 heteroatoms. The third-order valence-electron chi connectivity index (χ3n) is 7.11. The summed E-state index contributed by atoms with van der Waals surface area (Å²) in [5, 5.41) is 2.58. The lowest BCUT2D eigenvalue weighted by Crippen LogP contribution is -2.46. The van der Waals surface area contributed by atoms with Crippen LogP contribution in [0.15, 0.2) is 82.9 Å². The highest BCUT2D eigenvalue weighted by atomic mass is 35.5. The van der Waals surface area contributed by atoms with E-state index in [1.807, 2.05) is 17.5 Å². The third-order valence-corrected chi connectivity index (χ3v) is 8.55. The molecular weight excluding hydrogens is 585 g/mol. The van der Waals surface area contributed by atoms with Crippen LogP contribution in [-0.4, -0.2) is 35.9 Å². The van der Waals surface area contributed by atoms with Crippen LogP contribution in [0.2, 0.25) is 10.0 Å². The number of ketones is 1. The second-order valence-corrected chi connectivity index (χ2v) is 11.3. The molecule has 0 spiro atoms. The average molecular weight is 613 g/mol. The van der Waals surface area contributed by atoms with Gasteiger partial charge >= 0.3 is 11.9 Å². The van der Waals surface area contributed by atoms with Crippen LogP contribution in [0.1, 0.15) is 42.5 Å². The molecule has 3 atom stereocenters. The molecule has 0 amide bonds. The van der Waals surface area contributed by atoms with Gasteiger partial charge in [-0.25, -0.2) is 4.79 Å². The van der Waals surface area contributed by atoms with Crippen molar-refractivity contribution in [2.45, 2.75) is 32.1 Å². The molecule has 1 aliphatic heterocycles. The molecule has 3 heterocycles. The van der Waals surface area contributed by atoms with Crippen LogP contribution in [0.4, 0.5) is 5.69 Å². The quantitative estimate of drug-likeness (QED) is 0.256. The molecular formula is C30H27Cl2N3O5S. The number of thiophene rings is 1. The number of nitrogens with two attached hydrogens (primary N) is 1. The van der Waals surface area contributed by atoms with Crippen molar-refractivity contribution in [1.82, 2.24) is 4.98 Å². The number of ether oxygens (including phenoxy) is 2. The summed E-state index contributed by atoms with van der Waals surface area (Å²) in [6.07, 6.45) is 3.42. The summed E-state index contributed by atoms with van der Waals surface area (Å²) < 4.78 is 10.9. The highest BCUT2D eigenvalue weighted by Gasteiger charge is 2.51. The normalized spacial score (nSPS) is 20.6. The van der Waals surface area contributed by atoms with Crippen LogP contribution in [0, 0.1) is 5.92 Å². The average Bonchev–Trinajstić information content (AvgIpc) is 3.47. The van der Waals surface area contributed by atoms with E-state index in [0.29, 0.717) is 27.0 Å². The van der Waals surface area contributed by atoms with Gasteiger partial charge < -0.3 is 15.2 Å². The summed E-state index contributed by atoms with van der Waals surface area (Å²) in [5.41, 5.74) is 8.69. The topological polar surface area (TPSA) is 112 Å². The Morgan fingerprint density at radius 2 is 1.83 bits per heavy atom. The summed E-state index contributed by atoms with van der Waals surface area (Å²) in [5.74, 6) is -4.28. The highest BCUT2D eigenvalue weighted by molar-refractivity contribution is 7.10. The summed E-state index contributed by atoms with van der Waals surface area (Å²) in [6.45, 7) is 3.59. The molecule has 0 saturated heterocycles. The summed E-state index contributed by atoms with van der Waals surface area (Å²) in [4.78, 5) is 48.3. The van der Waals surface area contributed by atoms with Gasteiger partial charge in [-0.2, -0.15) is 0 Å². The number of nitrogens with zero attached hydrogens (tertiary/aromatic N) is 2. The number of Topliss-reactive ketones (excluding diaryl/α,β-unsaturated/α-hetero) is 1. The lowest BCUT2D eigenvalue weighted by molar-refractivity contribution is -0.152. The Balaban J connectivity index is 1.83. The fraction of sp³-hybridized carbons (Fsp3) is 0.267. The zero-order valence-corrected chi connectivity index (χ0v) is 24.6. The third kappa shape index (κ3) is 5.37. The fourth-order valence-corrected chi connectivity index (χ4v) is 6.93. The first-order valence-electron chi connectivity index (χ1n) is 13.1. The Kier molecular flexibility index (Phi) is 8.49. The van der Waals surface area contributed by atoms with Crippen LogP contribution in [-0.2, 0) is 23.9 Å². The molecule has 0 bridgehead atoms. The fourth-order valence-electron chi connectivity index (χ4n) is 5.55. The van der Waals surface area contributed by atoms with Crippen molar-refractivity contribution in [3.63, 3.8) is 0 Å². The molecule has 3 aromatic rings. The summed E-state index contributed by atoms with van der Waals surface area (Å²) in [7, 11) is 0. The first kappa shape index (κ1) is 28.9. The van der Waals surface area contributed by atoms with E-state index in [0.717, 1.165) is 4.88 Å². The number of hydrogen-bond acceptors (Lipinski definition) is 9. The lowest BCUT2D eigenvalue weighted by atomic mass is 9.68.